The predicted molar refractivity (Wildman–Crippen MR) is 85.1 cm³/mol. The number of nitrogens with one attached hydrogen (secondary N) is 1. The lowest BCUT2D eigenvalue weighted by Crippen LogP contribution is -2.48. The van der Waals surface area contributed by atoms with Gasteiger partial charge in [-0.15, -0.1) is 0 Å². The van der Waals surface area contributed by atoms with Gasteiger partial charge in [0.2, 0.25) is 0 Å². The Morgan fingerprint density at radius 1 is 1.20 bits per heavy atom. The third-order valence-electron chi connectivity index (χ3n) is 5.05. The predicted octanol–water partition coefficient (Wildman–Crippen LogP) is 2.90. The average molecular weight is 282 g/mol. The Kier molecular flexibility index (Phi) is 5.88. The van der Waals surface area contributed by atoms with Crippen LogP contribution in [0.4, 0.5) is 0 Å². The lowest BCUT2D eigenvalue weighted by molar-refractivity contribution is -0.00699. The Labute approximate surface area is 125 Å². The quantitative estimate of drug-likeness (QED) is 0.741. The van der Waals surface area contributed by atoms with Gasteiger partial charge in [0.05, 0.1) is 0 Å². The molecule has 20 heavy (non-hydrogen) atoms. The minimum absolute atomic E-state index is 0.431. The first-order chi connectivity index (χ1) is 9.51. The normalized spacial score (nSPS) is 24.3. The van der Waals surface area contributed by atoms with Crippen LogP contribution >= 0.6 is 0 Å². The van der Waals surface area contributed by atoms with Crippen LogP contribution in [0.3, 0.4) is 0 Å². The van der Waals surface area contributed by atoms with Gasteiger partial charge in [0.15, 0.2) is 0 Å². The number of ether oxygens (including phenoxy) is 1. The van der Waals surface area contributed by atoms with E-state index in [-0.39, 0.29) is 0 Å². The van der Waals surface area contributed by atoms with E-state index in [1.807, 2.05) is 0 Å². The molecule has 0 bridgehead atoms. The summed E-state index contributed by atoms with van der Waals surface area (Å²) in [4.78, 5) is 2.58. The van der Waals surface area contributed by atoms with E-state index in [1.54, 1.807) is 0 Å². The molecule has 2 fully saturated rings. The van der Waals surface area contributed by atoms with E-state index in [1.165, 1.54) is 45.2 Å². The molecular formula is C17H34N2O. The second-order valence-electron chi connectivity index (χ2n) is 7.66. The van der Waals surface area contributed by atoms with Gasteiger partial charge in [-0.05, 0) is 57.4 Å². The van der Waals surface area contributed by atoms with E-state index < -0.39 is 0 Å². The Bertz CT molecular complexity index is 283. The molecule has 1 atom stereocenters. The summed E-state index contributed by atoms with van der Waals surface area (Å²) in [6.07, 6.45) is 6.48. The highest BCUT2D eigenvalue weighted by Crippen LogP contribution is 2.33. The van der Waals surface area contributed by atoms with Crippen LogP contribution in [0.2, 0.25) is 0 Å². The lowest BCUT2D eigenvalue weighted by atomic mass is 9.79. The molecule has 3 nitrogen and oxygen atoms in total. The van der Waals surface area contributed by atoms with Gasteiger partial charge in [0.25, 0.3) is 0 Å². The third-order valence-corrected chi connectivity index (χ3v) is 5.05. The molecule has 1 aliphatic heterocycles. The second kappa shape index (κ2) is 7.24. The number of rotatable bonds is 8. The van der Waals surface area contributed by atoms with E-state index in [0.29, 0.717) is 11.5 Å². The molecule has 0 aromatic heterocycles. The Morgan fingerprint density at radius 2 is 1.85 bits per heavy atom. The molecule has 1 N–H and O–H groups in total. The SMILES string of the molecule is CC(C)CC(C)N(C)CC1(CNC2CC2)CCOCC1. The molecular weight excluding hydrogens is 248 g/mol. The fourth-order valence-corrected chi connectivity index (χ4v) is 3.39. The molecule has 0 spiro atoms. The average Bonchev–Trinajstić information content (AvgIpc) is 3.21. The molecule has 1 heterocycles. The summed E-state index contributed by atoms with van der Waals surface area (Å²) in [7, 11) is 2.31. The Balaban J connectivity index is 1.87. The zero-order valence-corrected chi connectivity index (χ0v) is 14.0. The van der Waals surface area contributed by atoms with Crippen molar-refractivity contribution in [2.24, 2.45) is 11.3 Å². The minimum atomic E-state index is 0.431. The first-order valence-corrected chi connectivity index (χ1v) is 8.52. The summed E-state index contributed by atoms with van der Waals surface area (Å²) < 4.78 is 5.61. The van der Waals surface area contributed by atoms with Gasteiger partial charge in [-0.25, -0.2) is 0 Å². The molecule has 1 aliphatic carbocycles. The van der Waals surface area contributed by atoms with E-state index in [2.05, 4.69) is 38.0 Å². The van der Waals surface area contributed by atoms with Gasteiger partial charge in [0.1, 0.15) is 0 Å². The maximum Gasteiger partial charge on any atom is 0.0472 e. The maximum absolute atomic E-state index is 5.61. The van der Waals surface area contributed by atoms with Crippen LogP contribution in [0.5, 0.6) is 0 Å². The molecule has 3 heteroatoms. The summed E-state index contributed by atoms with van der Waals surface area (Å²) in [5.74, 6) is 0.780. The van der Waals surface area contributed by atoms with Gasteiger partial charge in [-0.2, -0.15) is 0 Å². The summed E-state index contributed by atoms with van der Waals surface area (Å²) in [5.41, 5.74) is 0.431. The van der Waals surface area contributed by atoms with Crippen molar-refractivity contribution < 1.29 is 4.74 Å². The number of nitrogens with zero attached hydrogens (tertiary/aromatic N) is 1. The van der Waals surface area contributed by atoms with E-state index in [0.717, 1.165) is 25.2 Å². The molecule has 1 saturated heterocycles. The molecule has 0 aromatic rings. The van der Waals surface area contributed by atoms with Crippen LogP contribution in [0.1, 0.15) is 52.9 Å². The van der Waals surface area contributed by atoms with Crippen molar-refractivity contribution in [3.8, 4) is 0 Å². The first kappa shape index (κ1) is 16.3. The largest absolute Gasteiger partial charge is 0.381 e. The van der Waals surface area contributed by atoms with Gasteiger partial charge in [-0.1, -0.05) is 13.8 Å². The molecule has 1 unspecified atom stereocenters. The second-order valence-corrected chi connectivity index (χ2v) is 7.66. The van der Waals surface area contributed by atoms with Crippen molar-refractivity contribution in [1.82, 2.24) is 10.2 Å². The monoisotopic (exact) mass is 282 g/mol. The minimum Gasteiger partial charge on any atom is -0.381 e. The number of hydrogen-bond acceptors (Lipinski definition) is 3. The van der Waals surface area contributed by atoms with Crippen molar-refractivity contribution in [1.29, 1.82) is 0 Å². The smallest absolute Gasteiger partial charge is 0.0472 e. The van der Waals surface area contributed by atoms with Crippen molar-refractivity contribution in [2.45, 2.75) is 65.0 Å². The van der Waals surface area contributed by atoms with Crippen LogP contribution < -0.4 is 5.32 Å². The standard InChI is InChI=1S/C17H34N2O/c1-14(2)11-15(3)19(4)13-17(7-9-20-10-8-17)12-18-16-5-6-16/h14-16,18H,5-13H2,1-4H3. The molecule has 0 amide bonds. The third kappa shape index (κ3) is 5.01. The molecule has 0 aromatic carbocycles. The van der Waals surface area contributed by atoms with Crippen molar-refractivity contribution >= 4 is 0 Å². The highest BCUT2D eigenvalue weighted by molar-refractivity contribution is 4.91. The highest BCUT2D eigenvalue weighted by atomic mass is 16.5. The van der Waals surface area contributed by atoms with Crippen molar-refractivity contribution in [3.05, 3.63) is 0 Å². The first-order valence-electron chi connectivity index (χ1n) is 8.52. The van der Waals surface area contributed by atoms with Crippen molar-refractivity contribution in [2.75, 3.05) is 33.4 Å². The van der Waals surface area contributed by atoms with Crippen LogP contribution in [0.15, 0.2) is 0 Å². The summed E-state index contributed by atoms with van der Waals surface area (Å²) >= 11 is 0. The van der Waals surface area contributed by atoms with Crippen LogP contribution in [-0.2, 0) is 4.74 Å². The molecule has 2 rings (SSSR count). The zero-order chi connectivity index (χ0) is 14.6. The zero-order valence-electron chi connectivity index (χ0n) is 14.0. The van der Waals surface area contributed by atoms with Crippen LogP contribution in [-0.4, -0.2) is 50.3 Å². The van der Waals surface area contributed by atoms with Gasteiger partial charge in [0, 0.05) is 38.4 Å². The van der Waals surface area contributed by atoms with Gasteiger partial charge < -0.3 is 15.0 Å². The Hall–Kier alpha value is -0.120. The van der Waals surface area contributed by atoms with Crippen molar-refractivity contribution in [3.63, 3.8) is 0 Å². The number of hydrogen-bond donors (Lipinski definition) is 1. The highest BCUT2D eigenvalue weighted by Gasteiger charge is 2.36. The Morgan fingerprint density at radius 3 is 2.40 bits per heavy atom. The van der Waals surface area contributed by atoms with E-state index in [9.17, 15) is 0 Å². The van der Waals surface area contributed by atoms with E-state index >= 15 is 0 Å². The van der Waals surface area contributed by atoms with E-state index in [4.69, 9.17) is 4.74 Å². The van der Waals surface area contributed by atoms with Crippen LogP contribution in [0, 0.1) is 11.3 Å². The molecule has 1 saturated carbocycles. The van der Waals surface area contributed by atoms with Crippen LogP contribution in [0.25, 0.3) is 0 Å². The summed E-state index contributed by atoms with van der Waals surface area (Å²) in [6.45, 7) is 11.3. The summed E-state index contributed by atoms with van der Waals surface area (Å²) in [6, 6.07) is 1.49. The topological polar surface area (TPSA) is 24.5 Å². The maximum atomic E-state index is 5.61. The van der Waals surface area contributed by atoms with Gasteiger partial charge >= 0.3 is 0 Å². The molecule has 2 aliphatic rings. The fourth-order valence-electron chi connectivity index (χ4n) is 3.39. The lowest BCUT2D eigenvalue weighted by Gasteiger charge is -2.42. The van der Waals surface area contributed by atoms with Gasteiger partial charge in [-0.3, -0.25) is 0 Å². The summed E-state index contributed by atoms with van der Waals surface area (Å²) in [5, 5.41) is 3.77. The fraction of sp³-hybridized carbons (Fsp3) is 1.00. The molecule has 118 valence electrons. The molecule has 0 radical (unpaired) electrons.